The van der Waals surface area contributed by atoms with Gasteiger partial charge in [-0.2, -0.15) is 5.10 Å². The first-order valence-corrected chi connectivity index (χ1v) is 5.56. The fraction of sp³-hybridized carbons (Fsp3) is 0.333. The summed E-state index contributed by atoms with van der Waals surface area (Å²) >= 11 is 0. The number of benzene rings is 1. The van der Waals surface area contributed by atoms with Crippen molar-refractivity contribution in [2.75, 3.05) is 21.3 Å². The molecule has 18 heavy (non-hydrogen) atoms. The molecule has 0 bridgehead atoms. The maximum absolute atomic E-state index is 5.25. The van der Waals surface area contributed by atoms with Crippen LogP contribution < -0.4 is 14.8 Å². The third kappa shape index (κ3) is 2.43. The van der Waals surface area contributed by atoms with Crippen LogP contribution in [0.2, 0.25) is 0 Å². The van der Waals surface area contributed by atoms with E-state index in [2.05, 4.69) is 20.5 Å². The van der Waals surface area contributed by atoms with Gasteiger partial charge in [0, 0.05) is 5.56 Å². The first kappa shape index (κ1) is 12.4. The van der Waals surface area contributed by atoms with E-state index in [4.69, 9.17) is 9.47 Å². The first-order chi connectivity index (χ1) is 8.78. The number of rotatable bonds is 5. The van der Waals surface area contributed by atoms with Gasteiger partial charge in [-0.05, 0) is 25.2 Å². The molecule has 6 nitrogen and oxygen atoms in total. The van der Waals surface area contributed by atoms with E-state index in [0.29, 0.717) is 23.9 Å². The van der Waals surface area contributed by atoms with Gasteiger partial charge in [-0.25, -0.2) is 4.98 Å². The predicted octanol–water partition coefficient (Wildman–Crippen LogP) is 1.21. The fourth-order valence-corrected chi connectivity index (χ4v) is 1.65. The van der Waals surface area contributed by atoms with Crippen LogP contribution in [0, 0.1) is 0 Å². The van der Waals surface area contributed by atoms with E-state index in [-0.39, 0.29) is 0 Å². The molecule has 1 heterocycles. The van der Waals surface area contributed by atoms with E-state index < -0.39 is 0 Å². The number of nitrogens with one attached hydrogen (secondary N) is 2. The summed E-state index contributed by atoms with van der Waals surface area (Å²) in [5.74, 6) is 2.78. The predicted molar refractivity (Wildman–Crippen MR) is 67.7 cm³/mol. The molecule has 0 radical (unpaired) electrons. The summed E-state index contributed by atoms with van der Waals surface area (Å²) in [4.78, 5) is 4.38. The summed E-state index contributed by atoms with van der Waals surface area (Å²) in [5, 5.41) is 10.1. The SMILES string of the molecule is CNCc1nc(-c2ccc(OC)c(OC)c2)n[nH]1. The second-order valence-corrected chi connectivity index (χ2v) is 3.71. The highest BCUT2D eigenvalue weighted by atomic mass is 16.5. The number of hydrogen-bond acceptors (Lipinski definition) is 5. The van der Waals surface area contributed by atoms with Crippen LogP contribution in [0.25, 0.3) is 11.4 Å². The highest BCUT2D eigenvalue weighted by Crippen LogP contribution is 2.30. The highest BCUT2D eigenvalue weighted by Gasteiger charge is 2.09. The van der Waals surface area contributed by atoms with Crippen LogP contribution in [0.3, 0.4) is 0 Å². The van der Waals surface area contributed by atoms with Crippen LogP contribution in [0.15, 0.2) is 18.2 Å². The van der Waals surface area contributed by atoms with Crippen molar-refractivity contribution >= 4 is 0 Å². The minimum absolute atomic E-state index is 0.640. The van der Waals surface area contributed by atoms with Gasteiger partial charge in [0.15, 0.2) is 17.3 Å². The third-order valence-corrected chi connectivity index (χ3v) is 2.52. The number of aromatic nitrogens is 3. The summed E-state index contributed by atoms with van der Waals surface area (Å²) in [7, 11) is 5.07. The van der Waals surface area contributed by atoms with Gasteiger partial charge >= 0.3 is 0 Å². The molecule has 0 atom stereocenters. The summed E-state index contributed by atoms with van der Waals surface area (Å²) < 4.78 is 10.4. The van der Waals surface area contributed by atoms with Gasteiger partial charge in [0.25, 0.3) is 0 Å². The van der Waals surface area contributed by atoms with E-state index in [1.54, 1.807) is 14.2 Å². The van der Waals surface area contributed by atoms with Gasteiger partial charge in [0.2, 0.25) is 0 Å². The van der Waals surface area contributed by atoms with Gasteiger partial charge in [-0.1, -0.05) is 0 Å². The molecule has 2 rings (SSSR count). The highest BCUT2D eigenvalue weighted by molar-refractivity contribution is 5.60. The Morgan fingerprint density at radius 3 is 2.67 bits per heavy atom. The van der Waals surface area contributed by atoms with E-state index >= 15 is 0 Å². The van der Waals surface area contributed by atoms with Crippen LogP contribution in [0.4, 0.5) is 0 Å². The van der Waals surface area contributed by atoms with Crippen molar-refractivity contribution in [3.8, 4) is 22.9 Å². The molecule has 0 aliphatic rings. The molecule has 1 aromatic heterocycles. The molecule has 0 fully saturated rings. The van der Waals surface area contributed by atoms with Crippen LogP contribution in [-0.2, 0) is 6.54 Å². The maximum atomic E-state index is 5.25. The molecule has 0 aliphatic carbocycles. The Morgan fingerprint density at radius 1 is 1.22 bits per heavy atom. The van der Waals surface area contributed by atoms with Crippen molar-refractivity contribution in [2.45, 2.75) is 6.54 Å². The lowest BCUT2D eigenvalue weighted by Crippen LogP contribution is -2.06. The molecule has 96 valence electrons. The second-order valence-electron chi connectivity index (χ2n) is 3.71. The minimum atomic E-state index is 0.640. The van der Waals surface area contributed by atoms with Gasteiger partial charge in [0.1, 0.15) is 5.82 Å². The molecule has 0 amide bonds. The van der Waals surface area contributed by atoms with E-state index in [0.717, 1.165) is 11.4 Å². The second kappa shape index (κ2) is 5.50. The Balaban J connectivity index is 2.31. The van der Waals surface area contributed by atoms with E-state index in [1.807, 2.05) is 25.2 Å². The molecule has 0 spiro atoms. The molecule has 0 aliphatic heterocycles. The molecule has 2 aromatic rings. The molecule has 2 N–H and O–H groups in total. The van der Waals surface area contributed by atoms with Crippen molar-refractivity contribution in [3.63, 3.8) is 0 Å². The lowest BCUT2D eigenvalue weighted by atomic mass is 10.2. The van der Waals surface area contributed by atoms with E-state index in [9.17, 15) is 0 Å². The van der Waals surface area contributed by atoms with Crippen molar-refractivity contribution in [1.82, 2.24) is 20.5 Å². The molecule has 1 aromatic carbocycles. The topological polar surface area (TPSA) is 72.1 Å². The summed E-state index contributed by atoms with van der Waals surface area (Å²) in [5.41, 5.74) is 0.881. The molecule has 0 saturated carbocycles. The van der Waals surface area contributed by atoms with Crippen molar-refractivity contribution in [1.29, 1.82) is 0 Å². The smallest absolute Gasteiger partial charge is 0.181 e. The molecule has 0 unspecified atom stereocenters. The molecular weight excluding hydrogens is 232 g/mol. The largest absolute Gasteiger partial charge is 0.493 e. The lowest BCUT2D eigenvalue weighted by molar-refractivity contribution is 0.355. The number of ether oxygens (including phenoxy) is 2. The van der Waals surface area contributed by atoms with Gasteiger partial charge in [-0.3, -0.25) is 5.10 Å². The van der Waals surface area contributed by atoms with Crippen LogP contribution in [0.5, 0.6) is 11.5 Å². The monoisotopic (exact) mass is 248 g/mol. The zero-order chi connectivity index (χ0) is 13.0. The Labute approximate surface area is 105 Å². The number of aromatic amines is 1. The fourth-order valence-electron chi connectivity index (χ4n) is 1.65. The summed E-state index contributed by atoms with van der Waals surface area (Å²) in [6.07, 6.45) is 0. The number of hydrogen-bond donors (Lipinski definition) is 2. The first-order valence-electron chi connectivity index (χ1n) is 5.56. The van der Waals surface area contributed by atoms with Crippen LogP contribution >= 0.6 is 0 Å². The number of H-pyrrole nitrogens is 1. The average Bonchev–Trinajstić information content (AvgIpc) is 2.87. The van der Waals surface area contributed by atoms with Crippen molar-refractivity contribution < 1.29 is 9.47 Å². The molecule has 0 saturated heterocycles. The van der Waals surface area contributed by atoms with Crippen LogP contribution in [-0.4, -0.2) is 36.4 Å². The van der Waals surface area contributed by atoms with Crippen molar-refractivity contribution in [2.24, 2.45) is 0 Å². The minimum Gasteiger partial charge on any atom is -0.493 e. The average molecular weight is 248 g/mol. The Kier molecular flexibility index (Phi) is 3.78. The van der Waals surface area contributed by atoms with Gasteiger partial charge in [-0.15, -0.1) is 0 Å². The van der Waals surface area contributed by atoms with Crippen molar-refractivity contribution in [3.05, 3.63) is 24.0 Å². The summed E-state index contributed by atoms with van der Waals surface area (Å²) in [6.45, 7) is 0.653. The number of methoxy groups -OCH3 is 2. The quantitative estimate of drug-likeness (QED) is 0.832. The Bertz CT molecular complexity index is 525. The zero-order valence-electron chi connectivity index (χ0n) is 10.7. The molecular formula is C12H16N4O2. The van der Waals surface area contributed by atoms with Gasteiger partial charge < -0.3 is 14.8 Å². The third-order valence-electron chi connectivity index (χ3n) is 2.52. The lowest BCUT2D eigenvalue weighted by Gasteiger charge is -2.07. The number of nitrogens with zero attached hydrogens (tertiary/aromatic N) is 2. The standard InChI is InChI=1S/C12H16N4O2/c1-13-7-11-14-12(16-15-11)8-4-5-9(17-2)10(6-8)18-3/h4-6,13H,7H2,1-3H3,(H,14,15,16). The molecule has 6 heteroatoms. The van der Waals surface area contributed by atoms with Crippen LogP contribution in [0.1, 0.15) is 5.82 Å². The normalized spacial score (nSPS) is 10.4. The van der Waals surface area contributed by atoms with E-state index in [1.165, 1.54) is 0 Å². The zero-order valence-corrected chi connectivity index (χ0v) is 10.7. The maximum Gasteiger partial charge on any atom is 0.181 e. The Morgan fingerprint density at radius 2 is 2.00 bits per heavy atom. The van der Waals surface area contributed by atoms with Gasteiger partial charge in [0.05, 0.1) is 20.8 Å². The Hall–Kier alpha value is -2.08. The summed E-state index contributed by atoms with van der Waals surface area (Å²) in [6, 6.07) is 5.58.